The van der Waals surface area contributed by atoms with Crippen LogP contribution in [0.1, 0.15) is 31.2 Å². The van der Waals surface area contributed by atoms with Crippen molar-refractivity contribution in [2.75, 3.05) is 12.4 Å². The highest BCUT2D eigenvalue weighted by Crippen LogP contribution is 2.29. The third-order valence-electron chi connectivity index (χ3n) is 3.68. The molecule has 0 saturated carbocycles. The minimum atomic E-state index is -0.930. The van der Waals surface area contributed by atoms with Crippen molar-refractivity contribution in [3.8, 4) is 0 Å². The Morgan fingerprint density at radius 1 is 1.33 bits per heavy atom. The zero-order valence-corrected chi connectivity index (χ0v) is 13.9. The molecular formula is C17H15NO5S. The number of hydrogen-bond acceptors (Lipinski definition) is 6. The Kier molecular flexibility index (Phi) is 4.35. The second-order valence-corrected chi connectivity index (χ2v) is 6.59. The number of nitrogens with one attached hydrogen (secondary N) is 1. The van der Waals surface area contributed by atoms with Crippen LogP contribution in [-0.4, -0.2) is 31.1 Å². The van der Waals surface area contributed by atoms with Crippen molar-refractivity contribution in [2.24, 2.45) is 0 Å². The van der Waals surface area contributed by atoms with Gasteiger partial charge in [0.25, 0.3) is 5.91 Å². The highest BCUT2D eigenvalue weighted by atomic mass is 32.1. The Morgan fingerprint density at radius 3 is 2.83 bits per heavy atom. The zero-order chi connectivity index (χ0) is 17.3. The lowest BCUT2D eigenvalue weighted by molar-refractivity contribution is -0.125. The number of anilines is 1. The van der Waals surface area contributed by atoms with Gasteiger partial charge < -0.3 is 14.8 Å². The number of carbonyl (C=O) groups is 3. The Bertz CT molecular complexity index is 826. The van der Waals surface area contributed by atoms with E-state index in [0.717, 1.165) is 10.4 Å². The predicted molar refractivity (Wildman–Crippen MR) is 88.4 cm³/mol. The fourth-order valence-electron chi connectivity index (χ4n) is 2.54. The van der Waals surface area contributed by atoms with Crippen LogP contribution in [0.4, 0.5) is 5.00 Å². The number of cyclic esters (lactones) is 1. The largest absolute Gasteiger partial charge is 0.465 e. The number of thiophene rings is 1. The second-order valence-electron chi connectivity index (χ2n) is 5.34. The van der Waals surface area contributed by atoms with Crippen molar-refractivity contribution >= 4 is 34.2 Å². The molecule has 124 valence electrons. The van der Waals surface area contributed by atoms with Crippen molar-refractivity contribution in [2.45, 2.75) is 19.4 Å². The van der Waals surface area contributed by atoms with Gasteiger partial charge in [0.15, 0.2) is 6.10 Å². The van der Waals surface area contributed by atoms with Gasteiger partial charge in [-0.1, -0.05) is 18.2 Å². The van der Waals surface area contributed by atoms with E-state index >= 15 is 0 Å². The van der Waals surface area contributed by atoms with Crippen LogP contribution in [0.3, 0.4) is 0 Å². The molecule has 1 aromatic carbocycles. The molecule has 2 aromatic rings. The molecule has 0 saturated heterocycles. The maximum absolute atomic E-state index is 12.5. The van der Waals surface area contributed by atoms with Crippen LogP contribution in [-0.2, 0) is 20.7 Å². The first-order valence-electron chi connectivity index (χ1n) is 7.28. The highest BCUT2D eigenvalue weighted by Gasteiger charge is 2.32. The van der Waals surface area contributed by atoms with E-state index in [9.17, 15) is 14.4 Å². The summed E-state index contributed by atoms with van der Waals surface area (Å²) < 4.78 is 9.93. The Balaban J connectivity index is 1.80. The van der Waals surface area contributed by atoms with Gasteiger partial charge in [-0.05, 0) is 24.6 Å². The number of fused-ring (bicyclic) bond motifs is 1. The summed E-state index contributed by atoms with van der Waals surface area (Å²) in [6.07, 6.45) is -0.633. The van der Waals surface area contributed by atoms with Crippen LogP contribution in [0.2, 0.25) is 0 Å². The van der Waals surface area contributed by atoms with E-state index in [-0.39, 0.29) is 5.56 Å². The molecule has 0 fully saturated rings. The van der Waals surface area contributed by atoms with E-state index < -0.39 is 23.9 Å². The molecule has 1 atom stereocenters. The molecule has 1 N–H and O–H groups in total. The normalized spacial score (nSPS) is 16.1. The van der Waals surface area contributed by atoms with Crippen molar-refractivity contribution in [1.29, 1.82) is 0 Å². The predicted octanol–water partition coefficient (Wildman–Crippen LogP) is 2.56. The van der Waals surface area contributed by atoms with Crippen molar-refractivity contribution < 1.29 is 23.9 Å². The summed E-state index contributed by atoms with van der Waals surface area (Å²) >= 11 is 1.26. The molecule has 2 heterocycles. The molecule has 0 unspecified atom stereocenters. The topological polar surface area (TPSA) is 81.7 Å². The molecule has 24 heavy (non-hydrogen) atoms. The van der Waals surface area contributed by atoms with Crippen molar-refractivity contribution in [3.05, 3.63) is 51.9 Å². The number of aryl methyl sites for hydroxylation is 1. The quantitative estimate of drug-likeness (QED) is 0.865. The average Bonchev–Trinajstić information content (AvgIpc) is 2.94. The maximum Gasteiger partial charge on any atom is 0.340 e. The Labute approximate surface area is 142 Å². The smallest absolute Gasteiger partial charge is 0.340 e. The standard InChI is InChI=1S/C17H15NO5S/c1-9-7-12(16(20)22-2)15(24-9)18-14(19)13-8-10-5-3-4-6-11(10)17(21)23-13/h3-7,13H,8H2,1-2H3,(H,18,19)/t13-/m0/s1. The second kappa shape index (κ2) is 6.45. The molecule has 1 aromatic heterocycles. The van der Waals surface area contributed by atoms with Crippen LogP contribution in [0.25, 0.3) is 0 Å². The SMILES string of the molecule is COC(=O)c1cc(C)sc1NC(=O)[C@@H]1Cc2ccccc2C(=O)O1. The van der Waals surface area contributed by atoms with Gasteiger partial charge in [0.1, 0.15) is 5.00 Å². The van der Waals surface area contributed by atoms with Gasteiger partial charge in [-0.15, -0.1) is 11.3 Å². The lowest BCUT2D eigenvalue weighted by Gasteiger charge is -2.23. The monoisotopic (exact) mass is 345 g/mol. The van der Waals surface area contributed by atoms with Gasteiger partial charge in [-0.2, -0.15) is 0 Å². The average molecular weight is 345 g/mol. The number of benzene rings is 1. The van der Waals surface area contributed by atoms with Crippen LogP contribution in [0.5, 0.6) is 0 Å². The first-order valence-corrected chi connectivity index (χ1v) is 8.09. The summed E-state index contributed by atoms with van der Waals surface area (Å²) in [6.45, 7) is 1.82. The molecule has 1 aliphatic heterocycles. The fourth-order valence-corrected chi connectivity index (χ4v) is 3.44. The number of methoxy groups -OCH3 is 1. The first-order chi connectivity index (χ1) is 11.5. The van der Waals surface area contributed by atoms with Crippen molar-refractivity contribution in [3.63, 3.8) is 0 Å². The minimum absolute atomic E-state index is 0.288. The molecule has 0 aliphatic carbocycles. The molecule has 3 rings (SSSR count). The number of hydrogen-bond donors (Lipinski definition) is 1. The molecule has 0 bridgehead atoms. The van der Waals surface area contributed by atoms with E-state index in [1.165, 1.54) is 18.4 Å². The Morgan fingerprint density at radius 2 is 2.08 bits per heavy atom. The van der Waals surface area contributed by atoms with E-state index in [1.54, 1.807) is 24.3 Å². The summed E-state index contributed by atoms with van der Waals surface area (Å²) in [6, 6.07) is 8.67. The highest BCUT2D eigenvalue weighted by molar-refractivity contribution is 7.16. The van der Waals surface area contributed by atoms with E-state index in [4.69, 9.17) is 9.47 Å². The van der Waals surface area contributed by atoms with Gasteiger partial charge in [0, 0.05) is 11.3 Å². The summed E-state index contributed by atoms with van der Waals surface area (Å²) in [5, 5.41) is 3.06. The number of rotatable bonds is 3. The van der Waals surface area contributed by atoms with Gasteiger partial charge in [0.05, 0.1) is 18.2 Å². The number of carbonyl (C=O) groups excluding carboxylic acids is 3. The summed E-state index contributed by atoms with van der Waals surface area (Å²) in [4.78, 5) is 37.1. The molecule has 0 radical (unpaired) electrons. The Hall–Kier alpha value is -2.67. The minimum Gasteiger partial charge on any atom is -0.465 e. The van der Waals surface area contributed by atoms with E-state index in [2.05, 4.69) is 5.32 Å². The number of ether oxygens (including phenoxy) is 2. The molecule has 0 spiro atoms. The first kappa shape index (κ1) is 16.2. The third-order valence-corrected chi connectivity index (χ3v) is 4.65. The third kappa shape index (κ3) is 3.03. The molecule has 7 heteroatoms. The molecular weight excluding hydrogens is 330 g/mol. The zero-order valence-electron chi connectivity index (χ0n) is 13.1. The van der Waals surface area contributed by atoms with E-state index in [0.29, 0.717) is 17.0 Å². The van der Waals surface area contributed by atoms with Crippen LogP contribution in [0, 0.1) is 6.92 Å². The number of esters is 2. The molecule has 6 nitrogen and oxygen atoms in total. The van der Waals surface area contributed by atoms with Crippen LogP contribution < -0.4 is 5.32 Å². The lowest BCUT2D eigenvalue weighted by Crippen LogP contribution is -2.38. The van der Waals surface area contributed by atoms with Gasteiger partial charge in [0.2, 0.25) is 0 Å². The summed E-state index contributed by atoms with van der Waals surface area (Å²) in [5.74, 6) is -1.52. The van der Waals surface area contributed by atoms with E-state index in [1.807, 2.05) is 13.0 Å². The van der Waals surface area contributed by atoms with Crippen molar-refractivity contribution in [1.82, 2.24) is 0 Å². The molecule has 1 aliphatic rings. The van der Waals surface area contributed by atoms with Crippen LogP contribution >= 0.6 is 11.3 Å². The fraction of sp³-hybridized carbons (Fsp3) is 0.235. The van der Waals surface area contributed by atoms with Gasteiger partial charge in [-0.25, -0.2) is 9.59 Å². The van der Waals surface area contributed by atoms with Crippen LogP contribution in [0.15, 0.2) is 30.3 Å². The molecule has 1 amide bonds. The summed E-state index contributed by atoms with van der Waals surface area (Å²) in [5.41, 5.74) is 1.53. The summed E-state index contributed by atoms with van der Waals surface area (Å²) in [7, 11) is 1.28. The van der Waals surface area contributed by atoms with Gasteiger partial charge >= 0.3 is 11.9 Å². The van der Waals surface area contributed by atoms with Gasteiger partial charge in [-0.3, -0.25) is 4.79 Å². The maximum atomic E-state index is 12.5. The lowest BCUT2D eigenvalue weighted by atomic mass is 9.98. The number of amides is 1.